The van der Waals surface area contributed by atoms with Gasteiger partial charge >= 0.3 is 6.09 Å². The first-order chi connectivity index (χ1) is 9.15. The predicted octanol–water partition coefficient (Wildman–Crippen LogP) is 3.24. The Labute approximate surface area is 119 Å². The van der Waals surface area contributed by atoms with Gasteiger partial charge in [-0.25, -0.2) is 4.79 Å². The number of hydrogen-bond acceptors (Lipinski definition) is 3. The summed E-state index contributed by atoms with van der Waals surface area (Å²) in [5.74, 6) is 0.594. The van der Waals surface area contributed by atoms with Crippen molar-refractivity contribution in [2.75, 3.05) is 0 Å². The van der Waals surface area contributed by atoms with Crippen LogP contribution in [-0.4, -0.2) is 11.9 Å². The van der Waals surface area contributed by atoms with Crippen LogP contribution in [0, 0.1) is 0 Å². The second kappa shape index (κ2) is 4.81. The summed E-state index contributed by atoms with van der Waals surface area (Å²) in [6.07, 6.45) is 1.43. The van der Waals surface area contributed by atoms with E-state index in [1.807, 2.05) is 24.3 Å². The number of alkyl carbamates (subject to hydrolysis) is 1. The highest BCUT2D eigenvalue weighted by Crippen LogP contribution is 2.36. The maximum Gasteiger partial charge on any atom is 0.413 e. The predicted molar refractivity (Wildman–Crippen MR) is 72.4 cm³/mol. The lowest BCUT2D eigenvalue weighted by Crippen LogP contribution is -2.39. The lowest BCUT2D eigenvalue weighted by atomic mass is 9.87. The van der Waals surface area contributed by atoms with E-state index < -0.39 is 12.1 Å². The third kappa shape index (κ3) is 2.30. The van der Waals surface area contributed by atoms with Crippen LogP contribution in [0.4, 0.5) is 4.79 Å². The van der Waals surface area contributed by atoms with Crippen molar-refractivity contribution in [3.63, 3.8) is 0 Å². The van der Waals surface area contributed by atoms with Crippen LogP contribution in [0.3, 0.4) is 0 Å². The SMILES string of the molecule is O=C1NC(c2cccc(Br)c2)C2=C(CCCC2=O)O1. The number of allylic oxidation sites excluding steroid dienone is 1. The Morgan fingerprint density at radius 3 is 2.89 bits per heavy atom. The second-order valence-corrected chi connectivity index (χ2v) is 5.55. The molecule has 1 aromatic rings. The molecule has 19 heavy (non-hydrogen) atoms. The fourth-order valence-electron chi connectivity index (χ4n) is 2.53. The number of ether oxygens (including phenoxy) is 1. The number of nitrogens with one attached hydrogen (secondary N) is 1. The number of halogens is 1. The monoisotopic (exact) mass is 321 g/mol. The van der Waals surface area contributed by atoms with Gasteiger partial charge in [0.1, 0.15) is 5.76 Å². The second-order valence-electron chi connectivity index (χ2n) is 4.64. The van der Waals surface area contributed by atoms with E-state index >= 15 is 0 Å². The first kappa shape index (κ1) is 12.4. The van der Waals surface area contributed by atoms with E-state index in [-0.39, 0.29) is 5.78 Å². The molecule has 1 N–H and O–H groups in total. The van der Waals surface area contributed by atoms with Crippen molar-refractivity contribution >= 4 is 27.8 Å². The molecule has 1 amide bonds. The van der Waals surface area contributed by atoms with Crippen molar-refractivity contribution in [2.24, 2.45) is 0 Å². The highest BCUT2D eigenvalue weighted by molar-refractivity contribution is 9.10. The molecule has 1 atom stereocenters. The molecule has 1 aromatic carbocycles. The van der Waals surface area contributed by atoms with Crippen molar-refractivity contribution < 1.29 is 14.3 Å². The minimum absolute atomic E-state index is 0.0613. The minimum Gasteiger partial charge on any atom is -0.414 e. The van der Waals surface area contributed by atoms with Crippen molar-refractivity contribution in [1.82, 2.24) is 5.32 Å². The van der Waals surface area contributed by atoms with Crippen LogP contribution in [0.25, 0.3) is 0 Å². The number of hydrogen-bond donors (Lipinski definition) is 1. The molecule has 1 aliphatic carbocycles. The lowest BCUT2D eigenvalue weighted by Gasteiger charge is -2.31. The molecule has 1 aliphatic heterocycles. The highest BCUT2D eigenvalue weighted by atomic mass is 79.9. The molecule has 1 heterocycles. The van der Waals surface area contributed by atoms with E-state index in [0.717, 1.165) is 16.5 Å². The number of amides is 1. The number of carbonyl (C=O) groups is 2. The number of benzene rings is 1. The zero-order valence-corrected chi connectivity index (χ0v) is 11.7. The highest BCUT2D eigenvalue weighted by Gasteiger charge is 2.35. The summed E-state index contributed by atoms with van der Waals surface area (Å²) in [7, 11) is 0. The molecule has 0 spiro atoms. The lowest BCUT2D eigenvalue weighted by molar-refractivity contribution is -0.116. The molecular weight excluding hydrogens is 310 g/mol. The molecule has 4 nitrogen and oxygen atoms in total. The number of ketones is 1. The van der Waals surface area contributed by atoms with Gasteiger partial charge in [0.05, 0.1) is 11.6 Å². The summed E-state index contributed by atoms with van der Waals surface area (Å²) in [6.45, 7) is 0. The fraction of sp³-hybridized carbons (Fsp3) is 0.286. The topological polar surface area (TPSA) is 55.4 Å². The van der Waals surface area contributed by atoms with Crippen LogP contribution in [-0.2, 0) is 9.53 Å². The van der Waals surface area contributed by atoms with E-state index in [1.54, 1.807) is 0 Å². The van der Waals surface area contributed by atoms with E-state index in [1.165, 1.54) is 0 Å². The first-order valence-corrected chi connectivity index (χ1v) is 6.94. The maximum atomic E-state index is 12.1. The Balaban J connectivity index is 2.08. The van der Waals surface area contributed by atoms with Gasteiger partial charge < -0.3 is 10.1 Å². The van der Waals surface area contributed by atoms with Gasteiger partial charge in [0.2, 0.25) is 0 Å². The van der Waals surface area contributed by atoms with Crippen LogP contribution in [0.1, 0.15) is 30.9 Å². The van der Waals surface area contributed by atoms with Gasteiger partial charge in [0.25, 0.3) is 0 Å². The Morgan fingerprint density at radius 1 is 1.26 bits per heavy atom. The third-order valence-electron chi connectivity index (χ3n) is 3.36. The quantitative estimate of drug-likeness (QED) is 0.863. The average molecular weight is 322 g/mol. The van der Waals surface area contributed by atoms with Gasteiger partial charge in [0.15, 0.2) is 5.78 Å². The molecular formula is C14H12BrNO3. The molecule has 0 aromatic heterocycles. The zero-order chi connectivity index (χ0) is 13.4. The number of Topliss-reactive ketones (excluding diaryl/α,β-unsaturated/α-hetero) is 1. The molecule has 0 saturated carbocycles. The zero-order valence-electron chi connectivity index (χ0n) is 10.1. The summed E-state index contributed by atoms with van der Waals surface area (Å²) < 4.78 is 6.05. The third-order valence-corrected chi connectivity index (χ3v) is 3.85. The molecule has 0 saturated heterocycles. The number of carbonyl (C=O) groups excluding carboxylic acids is 2. The first-order valence-electron chi connectivity index (χ1n) is 6.15. The number of rotatable bonds is 1. The molecule has 2 aliphatic rings. The van der Waals surface area contributed by atoms with Crippen LogP contribution in [0.5, 0.6) is 0 Å². The van der Waals surface area contributed by atoms with Gasteiger partial charge in [0, 0.05) is 17.3 Å². The van der Waals surface area contributed by atoms with E-state index in [2.05, 4.69) is 21.2 Å². The van der Waals surface area contributed by atoms with Gasteiger partial charge in [-0.15, -0.1) is 0 Å². The van der Waals surface area contributed by atoms with Crippen molar-refractivity contribution in [3.05, 3.63) is 45.6 Å². The van der Waals surface area contributed by atoms with E-state index in [9.17, 15) is 9.59 Å². The van der Waals surface area contributed by atoms with Gasteiger partial charge in [-0.05, 0) is 24.1 Å². The fourth-order valence-corrected chi connectivity index (χ4v) is 2.95. The van der Waals surface area contributed by atoms with E-state index in [4.69, 9.17) is 4.74 Å². The Bertz CT molecular complexity index is 594. The van der Waals surface area contributed by atoms with Crippen molar-refractivity contribution in [3.8, 4) is 0 Å². The molecule has 3 rings (SSSR count). The molecule has 98 valence electrons. The largest absolute Gasteiger partial charge is 0.414 e. The summed E-state index contributed by atoms with van der Waals surface area (Å²) in [4.78, 5) is 23.7. The van der Waals surface area contributed by atoms with Crippen molar-refractivity contribution in [1.29, 1.82) is 0 Å². The molecule has 0 bridgehead atoms. The Hall–Kier alpha value is -1.62. The van der Waals surface area contributed by atoms with Crippen LogP contribution >= 0.6 is 15.9 Å². The summed E-state index contributed by atoms with van der Waals surface area (Å²) in [6, 6.07) is 7.19. The van der Waals surface area contributed by atoms with Crippen LogP contribution < -0.4 is 5.32 Å². The molecule has 1 unspecified atom stereocenters. The minimum atomic E-state index is -0.488. The van der Waals surface area contributed by atoms with E-state index in [0.29, 0.717) is 24.2 Å². The summed E-state index contributed by atoms with van der Waals surface area (Å²) in [5.41, 5.74) is 1.48. The van der Waals surface area contributed by atoms with Gasteiger partial charge in [-0.3, -0.25) is 4.79 Å². The smallest absolute Gasteiger partial charge is 0.413 e. The standard InChI is InChI=1S/C14H12BrNO3/c15-9-4-1-3-8(7-9)13-12-10(17)5-2-6-11(12)19-14(18)16-13/h1,3-4,7,13H,2,5-6H2,(H,16,18). The van der Waals surface area contributed by atoms with Crippen LogP contribution in [0.2, 0.25) is 0 Å². The van der Waals surface area contributed by atoms with Crippen molar-refractivity contribution in [2.45, 2.75) is 25.3 Å². The van der Waals surface area contributed by atoms with Gasteiger partial charge in [-0.2, -0.15) is 0 Å². The van der Waals surface area contributed by atoms with Gasteiger partial charge in [-0.1, -0.05) is 28.1 Å². The molecule has 0 fully saturated rings. The Kier molecular flexibility index (Phi) is 3.14. The summed E-state index contributed by atoms with van der Waals surface area (Å²) >= 11 is 3.40. The molecule has 5 heteroatoms. The Morgan fingerprint density at radius 2 is 2.11 bits per heavy atom. The molecule has 0 radical (unpaired) electrons. The average Bonchev–Trinajstić information content (AvgIpc) is 2.37. The summed E-state index contributed by atoms with van der Waals surface area (Å²) in [5, 5.41) is 2.73. The maximum absolute atomic E-state index is 12.1. The normalized spacial score (nSPS) is 22.7. The van der Waals surface area contributed by atoms with Crippen LogP contribution in [0.15, 0.2) is 40.1 Å².